The number of aromatic nitrogens is 4. The second-order valence-corrected chi connectivity index (χ2v) is 13.4. The van der Waals surface area contributed by atoms with Gasteiger partial charge < -0.3 is 9.47 Å². The summed E-state index contributed by atoms with van der Waals surface area (Å²) >= 11 is 0. The van der Waals surface area contributed by atoms with E-state index >= 15 is 0 Å². The Hall–Kier alpha value is -6.72. The average Bonchev–Trinajstić information content (AvgIpc) is 3.84. The highest BCUT2D eigenvalue weighted by Crippen LogP contribution is 2.47. The van der Waals surface area contributed by atoms with Gasteiger partial charge in [0.05, 0.1) is 33.8 Å². The standard InChI is InChI=1S/C46H31N5/c1-7-19-39-32(13-1)33-14-2-8-20-40(33)49(39)31-27-25-30(26-28-31)38-29-45(50-41-21-9-3-15-34(41)35-16-4-10-22-42(35)50)48-46(47-38)51-43-23-11-5-17-36(43)37-18-6-12-24-44(37)51/h1-29,36,43H. The van der Waals surface area contributed by atoms with Gasteiger partial charge in [0.2, 0.25) is 5.95 Å². The minimum atomic E-state index is 0.0892. The molecule has 0 amide bonds. The molecule has 0 N–H and O–H groups in total. The van der Waals surface area contributed by atoms with E-state index in [9.17, 15) is 0 Å². The van der Waals surface area contributed by atoms with E-state index in [1.165, 1.54) is 38.1 Å². The number of hydrogen-bond acceptors (Lipinski definition) is 3. The Bertz CT molecular complexity index is 2780. The number of hydrogen-bond donors (Lipinski definition) is 0. The van der Waals surface area contributed by atoms with Gasteiger partial charge >= 0.3 is 0 Å². The first-order valence-electron chi connectivity index (χ1n) is 17.5. The van der Waals surface area contributed by atoms with E-state index < -0.39 is 0 Å². The van der Waals surface area contributed by atoms with Gasteiger partial charge in [-0.25, -0.2) is 4.98 Å². The van der Waals surface area contributed by atoms with Crippen molar-refractivity contribution in [1.29, 1.82) is 0 Å². The van der Waals surface area contributed by atoms with Crippen molar-refractivity contribution in [1.82, 2.24) is 19.1 Å². The maximum atomic E-state index is 5.42. The zero-order valence-corrected chi connectivity index (χ0v) is 27.6. The first-order valence-corrected chi connectivity index (χ1v) is 17.5. The summed E-state index contributed by atoms with van der Waals surface area (Å²) in [5.74, 6) is 1.77. The van der Waals surface area contributed by atoms with Crippen LogP contribution in [-0.4, -0.2) is 25.1 Å². The quantitative estimate of drug-likeness (QED) is 0.190. The van der Waals surface area contributed by atoms with Gasteiger partial charge in [0.1, 0.15) is 5.82 Å². The highest BCUT2D eigenvalue weighted by molar-refractivity contribution is 6.10. The van der Waals surface area contributed by atoms with Gasteiger partial charge in [-0.15, -0.1) is 0 Å². The Kier molecular flexibility index (Phi) is 6.01. The number of nitrogens with zero attached hydrogens (tertiary/aromatic N) is 5. The van der Waals surface area contributed by atoms with Crippen LogP contribution in [0.2, 0.25) is 0 Å². The molecule has 3 aromatic heterocycles. The van der Waals surface area contributed by atoms with Crippen molar-refractivity contribution < 1.29 is 0 Å². The molecule has 4 heterocycles. The van der Waals surface area contributed by atoms with Gasteiger partial charge in [0.15, 0.2) is 0 Å². The summed E-state index contributed by atoms with van der Waals surface area (Å²) < 4.78 is 4.65. The van der Waals surface area contributed by atoms with Crippen LogP contribution in [0.5, 0.6) is 0 Å². The summed E-state index contributed by atoms with van der Waals surface area (Å²) in [4.78, 5) is 13.1. The van der Waals surface area contributed by atoms with Gasteiger partial charge in [0.25, 0.3) is 0 Å². The third-order valence-electron chi connectivity index (χ3n) is 10.7. The van der Waals surface area contributed by atoms with Crippen molar-refractivity contribution in [2.75, 3.05) is 4.90 Å². The van der Waals surface area contributed by atoms with Gasteiger partial charge in [-0.05, 0) is 48.0 Å². The van der Waals surface area contributed by atoms with Crippen LogP contribution in [0, 0.1) is 0 Å². The number of benzene rings is 6. The summed E-state index contributed by atoms with van der Waals surface area (Å²) in [6, 6.07) is 54.2. The molecule has 11 rings (SSSR count). The highest BCUT2D eigenvalue weighted by Gasteiger charge is 2.38. The lowest BCUT2D eigenvalue weighted by Gasteiger charge is -2.27. The van der Waals surface area contributed by atoms with E-state index in [2.05, 4.69) is 190 Å². The van der Waals surface area contributed by atoms with Gasteiger partial charge in [-0.2, -0.15) is 4.98 Å². The monoisotopic (exact) mass is 653 g/mol. The molecule has 0 saturated carbocycles. The van der Waals surface area contributed by atoms with Crippen LogP contribution in [0.3, 0.4) is 0 Å². The zero-order valence-electron chi connectivity index (χ0n) is 27.6. The minimum Gasteiger partial charge on any atom is -0.309 e. The maximum absolute atomic E-state index is 5.42. The van der Waals surface area contributed by atoms with Crippen molar-refractivity contribution in [2.24, 2.45) is 0 Å². The van der Waals surface area contributed by atoms with Crippen LogP contribution in [0.25, 0.3) is 66.4 Å². The van der Waals surface area contributed by atoms with E-state index in [0.717, 1.165) is 39.5 Å². The molecule has 5 nitrogen and oxygen atoms in total. The molecule has 0 fully saturated rings. The van der Waals surface area contributed by atoms with Crippen LogP contribution in [0.15, 0.2) is 176 Å². The number of allylic oxidation sites excluding steroid dienone is 2. The van der Waals surface area contributed by atoms with Gasteiger partial charge in [0, 0.05) is 50.5 Å². The fraction of sp³-hybridized carbons (Fsp3) is 0.0435. The zero-order chi connectivity index (χ0) is 33.5. The summed E-state index contributed by atoms with van der Waals surface area (Å²) in [5.41, 5.74) is 10.1. The molecule has 2 unspecified atom stereocenters. The Morgan fingerprint density at radius 2 is 1.00 bits per heavy atom. The van der Waals surface area contributed by atoms with Crippen molar-refractivity contribution in [3.8, 4) is 22.8 Å². The Morgan fingerprint density at radius 3 is 1.63 bits per heavy atom. The molecule has 5 heteroatoms. The fourth-order valence-corrected chi connectivity index (χ4v) is 8.46. The second kappa shape index (κ2) is 10.9. The second-order valence-electron chi connectivity index (χ2n) is 13.4. The van der Waals surface area contributed by atoms with E-state index in [-0.39, 0.29) is 12.0 Å². The summed E-state index contributed by atoms with van der Waals surface area (Å²) in [5, 5.41) is 4.92. The largest absolute Gasteiger partial charge is 0.309 e. The van der Waals surface area contributed by atoms with Crippen molar-refractivity contribution >= 4 is 55.2 Å². The number of anilines is 2. The molecule has 2 aliphatic rings. The molecular weight excluding hydrogens is 623 g/mol. The molecule has 240 valence electrons. The third-order valence-corrected chi connectivity index (χ3v) is 10.7. The fourth-order valence-electron chi connectivity index (χ4n) is 8.46. The van der Waals surface area contributed by atoms with Crippen LogP contribution in [0.1, 0.15) is 11.5 Å². The SMILES string of the molecule is C1=CC2c3ccccc3N(c3nc(-c4ccc(-n5c6ccccc6c6ccccc65)cc4)cc(-n4c5ccccc5c5ccccc54)n3)C2C=C1. The van der Waals surface area contributed by atoms with Crippen molar-refractivity contribution in [3.05, 3.63) is 182 Å². The molecule has 51 heavy (non-hydrogen) atoms. The molecule has 1 aliphatic heterocycles. The van der Waals surface area contributed by atoms with Crippen LogP contribution >= 0.6 is 0 Å². The van der Waals surface area contributed by atoms with E-state index in [1.807, 2.05) is 0 Å². The Morgan fingerprint density at radius 1 is 0.471 bits per heavy atom. The van der Waals surface area contributed by atoms with E-state index in [1.54, 1.807) is 0 Å². The predicted molar refractivity (Wildman–Crippen MR) is 210 cm³/mol. The normalized spacial score (nSPS) is 16.4. The van der Waals surface area contributed by atoms with Crippen LogP contribution in [0.4, 0.5) is 11.6 Å². The Labute approximate surface area is 294 Å². The van der Waals surface area contributed by atoms with E-state index in [0.29, 0.717) is 5.95 Å². The minimum absolute atomic E-state index is 0.0892. The van der Waals surface area contributed by atoms with Crippen LogP contribution < -0.4 is 4.90 Å². The molecular formula is C46H31N5. The smallest absolute Gasteiger partial charge is 0.233 e. The topological polar surface area (TPSA) is 38.9 Å². The molecule has 1 aliphatic carbocycles. The number of para-hydroxylation sites is 5. The first kappa shape index (κ1) is 28.2. The van der Waals surface area contributed by atoms with Crippen LogP contribution in [-0.2, 0) is 0 Å². The molecule has 0 bridgehead atoms. The molecule has 0 spiro atoms. The lowest BCUT2D eigenvalue weighted by atomic mass is 9.92. The van der Waals surface area contributed by atoms with Crippen molar-refractivity contribution in [2.45, 2.75) is 12.0 Å². The molecule has 2 atom stereocenters. The third kappa shape index (κ3) is 4.15. The Balaban J connectivity index is 1.13. The molecule has 0 saturated heterocycles. The lowest BCUT2D eigenvalue weighted by molar-refractivity contribution is 0.728. The number of rotatable bonds is 4. The molecule has 6 aromatic carbocycles. The number of fused-ring (bicyclic) bond motifs is 9. The lowest BCUT2D eigenvalue weighted by Crippen LogP contribution is -2.30. The molecule has 0 radical (unpaired) electrons. The molecule has 9 aromatic rings. The predicted octanol–water partition coefficient (Wildman–Crippen LogP) is 11.1. The van der Waals surface area contributed by atoms with Crippen molar-refractivity contribution in [3.63, 3.8) is 0 Å². The first-order chi connectivity index (χ1) is 25.3. The van der Waals surface area contributed by atoms with E-state index in [4.69, 9.17) is 9.97 Å². The van der Waals surface area contributed by atoms with Gasteiger partial charge in [-0.3, -0.25) is 4.57 Å². The highest BCUT2D eigenvalue weighted by atomic mass is 15.3. The van der Waals surface area contributed by atoms with Gasteiger partial charge in [-0.1, -0.05) is 127 Å². The average molecular weight is 654 g/mol. The summed E-state index contributed by atoms with van der Waals surface area (Å²) in [7, 11) is 0. The summed E-state index contributed by atoms with van der Waals surface area (Å²) in [6.07, 6.45) is 8.88. The maximum Gasteiger partial charge on any atom is 0.233 e. The summed E-state index contributed by atoms with van der Waals surface area (Å²) in [6.45, 7) is 0.